The molecule has 2 aliphatic rings. The van der Waals surface area contributed by atoms with Crippen molar-refractivity contribution in [3.05, 3.63) is 60.2 Å². The quantitative estimate of drug-likeness (QED) is 0.601. The van der Waals surface area contributed by atoms with Crippen LogP contribution in [0, 0.1) is 5.92 Å². The number of likely N-dealkylation sites (tertiary alicyclic amines) is 1. The van der Waals surface area contributed by atoms with Gasteiger partial charge in [0.05, 0.1) is 13.0 Å². The predicted octanol–water partition coefficient (Wildman–Crippen LogP) is 3.78. The largest absolute Gasteiger partial charge is 0.469 e. The second-order valence-corrected chi connectivity index (χ2v) is 10.9. The Morgan fingerprint density at radius 1 is 0.972 bits per heavy atom. The molecule has 0 bridgehead atoms. The molecule has 0 spiro atoms. The highest BCUT2D eigenvalue weighted by atomic mass is 16.5. The lowest BCUT2D eigenvalue weighted by Crippen LogP contribution is -2.55. The van der Waals surface area contributed by atoms with Gasteiger partial charge in [-0.1, -0.05) is 42.5 Å². The molecule has 2 aromatic rings. The van der Waals surface area contributed by atoms with E-state index in [-0.39, 0.29) is 41.3 Å². The minimum Gasteiger partial charge on any atom is -0.469 e. The monoisotopic (exact) mass is 491 g/mol. The normalized spacial score (nSPS) is 24.4. The Hall–Kier alpha value is -3.19. The van der Waals surface area contributed by atoms with Crippen LogP contribution in [0.2, 0.25) is 0 Å². The van der Waals surface area contributed by atoms with Crippen LogP contribution in [0.15, 0.2) is 54.6 Å². The molecule has 192 valence electrons. The van der Waals surface area contributed by atoms with Crippen LogP contribution in [0.3, 0.4) is 0 Å². The average Bonchev–Trinajstić information content (AvgIpc) is 3.22. The van der Waals surface area contributed by atoms with E-state index in [2.05, 4.69) is 31.4 Å². The predicted molar refractivity (Wildman–Crippen MR) is 139 cm³/mol. The molecule has 2 aromatic carbocycles. The first-order valence-corrected chi connectivity index (χ1v) is 12.8. The summed E-state index contributed by atoms with van der Waals surface area (Å²) in [5.74, 6) is -1.05. The molecule has 7 heteroatoms. The van der Waals surface area contributed by atoms with Gasteiger partial charge in [-0.05, 0) is 69.7 Å². The Morgan fingerprint density at radius 3 is 2.39 bits per heavy atom. The number of nitrogens with one attached hydrogen (secondary N) is 2. The maximum Gasteiger partial charge on any atom is 0.310 e. The van der Waals surface area contributed by atoms with Crippen LogP contribution in [0.5, 0.6) is 0 Å². The van der Waals surface area contributed by atoms with Gasteiger partial charge < -0.3 is 20.3 Å². The van der Waals surface area contributed by atoms with Crippen LogP contribution in [-0.4, -0.2) is 60.0 Å². The number of ether oxygens (including phenoxy) is 1. The highest BCUT2D eigenvalue weighted by Gasteiger charge is 2.45. The smallest absolute Gasteiger partial charge is 0.310 e. The molecule has 0 radical (unpaired) electrons. The minimum absolute atomic E-state index is 0.0607. The standard InChI is InChI=1S/C29H37N3O4/c1-29(2,3)31-22-13-14-25(23(18-22)28(35)36-4)32-16-15-24(27(32)34)30-26(33)21-12-8-11-20(17-21)19-9-6-5-7-10-19/h5-12,17,22-25,31H,13-16,18H2,1-4H3,(H,30,33)/t22?,23?,24-,25?/m0/s1. The third kappa shape index (κ3) is 5.95. The van der Waals surface area contributed by atoms with E-state index in [9.17, 15) is 14.4 Å². The van der Waals surface area contributed by atoms with Crippen molar-refractivity contribution < 1.29 is 19.1 Å². The number of methoxy groups -OCH3 is 1. The van der Waals surface area contributed by atoms with E-state index in [0.717, 1.165) is 24.0 Å². The second kappa shape index (κ2) is 10.8. The Bertz CT molecular complexity index is 1100. The Labute approximate surface area is 213 Å². The molecule has 4 atom stereocenters. The number of hydrogen-bond acceptors (Lipinski definition) is 5. The Kier molecular flexibility index (Phi) is 7.79. The van der Waals surface area contributed by atoms with Crippen LogP contribution >= 0.6 is 0 Å². The molecule has 1 saturated carbocycles. The van der Waals surface area contributed by atoms with Crippen molar-refractivity contribution >= 4 is 17.8 Å². The summed E-state index contributed by atoms with van der Waals surface area (Å²) >= 11 is 0. The number of rotatable bonds is 6. The summed E-state index contributed by atoms with van der Waals surface area (Å²) in [5, 5.41) is 6.52. The third-order valence-corrected chi connectivity index (χ3v) is 7.13. The molecule has 4 rings (SSSR count). The van der Waals surface area contributed by atoms with Crippen LogP contribution in [-0.2, 0) is 14.3 Å². The molecule has 2 N–H and O–H groups in total. The van der Waals surface area contributed by atoms with Gasteiger partial charge in [0.15, 0.2) is 0 Å². The highest BCUT2D eigenvalue weighted by molar-refractivity contribution is 5.99. The van der Waals surface area contributed by atoms with Crippen LogP contribution < -0.4 is 10.6 Å². The summed E-state index contributed by atoms with van der Waals surface area (Å²) < 4.78 is 5.12. The van der Waals surface area contributed by atoms with Crippen LogP contribution in [0.25, 0.3) is 11.1 Å². The molecular weight excluding hydrogens is 454 g/mol. The molecule has 1 saturated heterocycles. The van der Waals surface area contributed by atoms with Crippen molar-refractivity contribution in [2.75, 3.05) is 13.7 Å². The van der Waals surface area contributed by atoms with Gasteiger partial charge in [0.25, 0.3) is 5.91 Å². The van der Waals surface area contributed by atoms with E-state index in [0.29, 0.717) is 24.9 Å². The molecule has 7 nitrogen and oxygen atoms in total. The molecule has 1 heterocycles. The zero-order chi connectivity index (χ0) is 25.9. The Balaban J connectivity index is 1.43. The highest BCUT2D eigenvalue weighted by Crippen LogP contribution is 2.33. The lowest BCUT2D eigenvalue weighted by molar-refractivity contribution is -0.151. The molecule has 36 heavy (non-hydrogen) atoms. The molecular formula is C29H37N3O4. The van der Waals surface area contributed by atoms with Gasteiger partial charge in [-0.3, -0.25) is 14.4 Å². The molecule has 2 fully saturated rings. The minimum atomic E-state index is -0.596. The van der Waals surface area contributed by atoms with E-state index >= 15 is 0 Å². The zero-order valence-electron chi connectivity index (χ0n) is 21.6. The number of hydrogen-bond donors (Lipinski definition) is 2. The Morgan fingerprint density at radius 2 is 1.69 bits per heavy atom. The van der Waals surface area contributed by atoms with E-state index in [4.69, 9.17) is 4.74 Å². The fourth-order valence-electron chi connectivity index (χ4n) is 5.55. The lowest BCUT2D eigenvalue weighted by atomic mass is 9.80. The third-order valence-electron chi connectivity index (χ3n) is 7.13. The number of benzene rings is 2. The number of carbonyl (C=O) groups excluding carboxylic acids is 3. The average molecular weight is 492 g/mol. The van der Waals surface area contributed by atoms with E-state index in [1.165, 1.54) is 7.11 Å². The van der Waals surface area contributed by atoms with Gasteiger partial charge >= 0.3 is 5.97 Å². The van der Waals surface area contributed by atoms with Gasteiger partial charge in [-0.2, -0.15) is 0 Å². The lowest BCUT2D eigenvalue weighted by Gasteiger charge is -2.41. The number of esters is 1. The van der Waals surface area contributed by atoms with Gasteiger partial charge in [-0.15, -0.1) is 0 Å². The van der Waals surface area contributed by atoms with E-state index < -0.39 is 6.04 Å². The first kappa shape index (κ1) is 25.9. The fraction of sp³-hybridized carbons (Fsp3) is 0.483. The van der Waals surface area contributed by atoms with Crippen molar-refractivity contribution in [2.45, 2.75) is 70.1 Å². The first-order chi connectivity index (χ1) is 17.2. The van der Waals surface area contributed by atoms with Crippen LogP contribution in [0.1, 0.15) is 56.8 Å². The molecule has 1 aliphatic heterocycles. The first-order valence-electron chi connectivity index (χ1n) is 12.8. The summed E-state index contributed by atoms with van der Waals surface area (Å²) in [6.45, 7) is 6.85. The maximum atomic E-state index is 13.4. The summed E-state index contributed by atoms with van der Waals surface area (Å²) in [6, 6.07) is 16.7. The van der Waals surface area contributed by atoms with Gasteiger partial charge in [-0.25, -0.2) is 0 Å². The summed E-state index contributed by atoms with van der Waals surface area (Å²) in [6.07, 6.45) is 2.75. The number of nitrogens with zero attached hydrogens (tertiary/aromatic N) is 1. The van der Waals surface area contributed by atoms with Crippen molar-refractivity contribution in [3.63, 3.8) is 0 Å². The molecule has 1 aliphatic carbocycles. The van der Waals surface area contributed by atoms with Gasteiger partial charge in [0, 0.05) is 29.7 Å². The van der Waals surface area contributed by atoms with Crippen molar-refractivity contribution in [2.24, 2.45) is 5.92 Å². The van der Waals surface area contributed by atoms with Gasteiger partial charge in [0.1, 0.15) is 6.04 Å². The zero-order valence-corrected chi connectivity index (χ0v) is 21.6. The topological polar surface area (TPSA) is 87.7 Å². The van der Waals surface area contributed by atoms with Crippen molar-refractivity contribution in [1.29, 1.82) is 0 Å². The van der Waals surface area contributed by atoms with E-state index in [1.54, 1.807) is 11.0 Å². The summed E-state index contributed by atoms with van der Waals surface area (Å²) in [7, 11) is 1.40. The van der Waals surface area contributed by atoms with Crippen molar-refractivity contribution in [1.82, 2.24) is 15.5 Å². The number of carbonyl (C=O) groups is 3. The molecule has 2 amide bonds. The maximum absolute atomic E-state index is 13.4. The molecule has 3 unspecified atom stereocenters. The van der Waals surface area contributed by atoms with Crippen LogP contribution in [0.4, 0.5) is 0 Å². The SMILES string of the molecule is COC(=O)C1CC(NC(C)(C)C)CCC1N1CC[C@H](NC(=O)c2cccc(-c3ccccc3)c2)C1=O. The van der Waals surface area contributed by atoms with Gasteiger partial charge in [0.2, 0.25) is 5.91 Å². The summed E-state index contributed by atoms with van der Waals surface area (Å²) in [4.78, 5) is 40.9. The summed E-state index contributed by atoms with van der Waals surface area (Å²) in [5.41, 5.74) is 2.43. The van der Waals surface area contributed by atoms with E-state index in [1.807, 2.05) is 48.5 Å². The van der Waals surface area contributed by atoms with Crippen molar-refractivity contribution in [3.8, 4) is 11.1 Å². The molecule has 0 aromatic heterocycles. The number of amides is 2. The fourth-order valence-corrected chi connectivity index (χ4v) is 5.55. The second-order valence-electron chi connectivity index (χ2n) is 10.9.